The van der Waals surface area contributed by atoms with Crippen molar-refractivity contribution in [3.63, 3.8) is 0 Å². The number of benzene rings is 2. The van der Waals surface area contributed by atoms with Gasteiger partial charge in [-0.15, -0.1) is 0 Å². The molecule has 8 heteroatoms. The molecule has 2 aromatic carbocycles. The van der Waals surface area contributed by atoms with Crippen molar-refractivity contribution in [1.29, 1.82) is 0 Å². The largest absolute Gasteiger partial charge is 0.492 e. The summed E-state index contributed by atoms with van der Waals surface area (Å²) in [6, 6.07) is 14.8. The van der Waals surface area contributed by atoms with E-state index in [4.69, 9.17) is 4.74 Å². The number of carbonyl (C=O) groups excluding carboxylic acids is 1. The molecule has 0 aromatic heterocycles. The molecule has 0 saturated heterocycles. The number of hydrogen-bond donors (Lipinski definition) is 1. The fourth-order valence-electron chi connectivity index (χ4n) is 2.32. The number of carbonyl (C=O) groups is 1. The van der Waals surface area contributed by atoms with Crippen LogP contribution >= 0.6 is 0 Å². The molecule has 2 amide bonds. The zero-order valence-corrected chi connectivity index (χ0v) is 15.7. The van der Waals surface area contributed by atoms with E-state index in [2.05, 4.69) is 10.1 Å². The lowest BCUT2D eigenvalue weighted by Crippen LogP contribution is -2.40. The number of alkyl halides is 3. The molecule has 0 saturated carbocycles. The minimum absolute atomic E-state index is 0.120. The summed E-state index contributed by atoms with van der Waals surface area (Å²) < 4.78 is 46.7. The van der Waals surface area contributed by atoms with Crippen molar-refractivity contribution >= 4 is 6.03 Å². The molecule has 0 aliphatic carbocycles. The van der Waals surface area contributed by atoms with Crippen LogP contribution in [-0.2, 0) is 0 Å². The summed E-state index contributed by atoms with van der Waals surface area (Å²) in [5.41, 5.74) is 0.752. The molecule has 1 N–H and O–H groups in total. The highest BCUT2D eigenvalue weighted by molar-refractivity contribution is 5.74. The third-order valence-electron chi connectivity index (χ3n) is 3.91. The summed E-state index contributed by atoms with van der Waals surface area (Å²) in [6.45, 7) is 1.21. The van der Waals surface area contributed by atoms with E-state index in [0.717, 1.165) is 11.3 Å². The molecule has 152 valence electrons. The van der Waals surface area contributed by atoms with Crippen LogP contribution in [0.5, 0.6) is 11.5 Å². The Morgan fingerprint density at radius 3 is 2.25 bits per heavy atom. The third kappa shape index (κ3) is 7.38. The Kier molecular flexibility index (Phi) is 7.54. The van der Waals surface area contributed by atoms with Crippen LogP contribution in [0.2, 0.25) is 0 Å². The van der Waals surface area contributed by atoms with E-state index >= 15 is 0 Å². The average Bonchev–Trinajstić information content (AvgIpc) is 2.67. The number of ether oxygens (including phenoxy) is 2. The number of halogens is 3. The first-order valence-corrected chi connectivity index (χ1v) is 8.73. The molecular weight excluding hydrogens is 373 g/mol. The number of urea groups is 1. The molecule has 2 aromatic rings. The first-order chi connectivity index (χ1) is 13.2. The van der Waals surface area contributed by atoms with Crippen molar-refractivity contribution in [3.05, 3.63) is 60.2 Å². The van der Waals surface area contributed by atoms with Crippen molar-refractivity contribution < 1.29 is 27.4 Å². The molecule has 5 nitrogen and oxygen atoms in total. The number of amides is 2. The summed E-state index contributed by atoms with van der Waals surface area (Å²) in [4.78, 5) is 13.8. The fraction of sp³-hybridized carbons (Fsp3) is 0.350. The van der Waals surface area contributed by atoms with Gasteiger partial charge >= 0.3 is 12.2 Å². The Balaban J connectivity index is 1.77. The molecule has 0 radical (unpaired) electrons. The smallest absolute Gasteiger partial charge is 0.422 e. The second-order valence-corrected chi connectivity index (χ2v) is 6.23. The quantitative estimate of drug-likeness (QED) is 0.719. The second-order valence-electron chi connectivity index (χ2n) is 6.23. The third-order valence-corrected chi connectivity index (χ3v) is 3.91. The lowest BCUT2D eigenvalue weighted by Gasteiger charge is -2.22. The molecule has 0 heterocycles. The normalized spacial score (nSPS) is 12.2. The van der Waals surface area contributed by atoms with Gasteiger partial charge in [0.15, 0.2) is 6.61 Å². The minimum atomic E-state index is -4.38. The van der Waals surface area contributed by atoms with E-state index < -0.39 is 12.8 Å². The molecule has 0 aliphatic rings. The van der Waals surface area contributed by atoms with Crippen LogP contribution in [0.25, 0.3) is 0 Å². The van der Waals surface area contributed by atoms with E-state index in [-0.39, 0.29) is 17.8 Å². The standard InChI is InChI=1S/C20H23F3N2O3/c1-15(16-8-10-18(11-9-16)28-14-20(21,22)23)24-19(26)25(2)12-13-27-17-6-4-3-5-7-17/h3-11,15H,12-14H2,1-2H3,(H,24,26). The van der Waals surface area contributed by atoms with Gasteiger partial charge < -0.3 is 19.7 Å². The SMILES string of the molecule is CC(NC(=O)N(C)CCOc1ccccc1)c1ccc(OCC(F)(F)F)cc1. The van der Waals surface area contributed by atoms with Gasteiger partial charge in [0, 0.05) is 7.05 Å². The lowest BCUT2D eigenvalue weighted by atomic mass is 10.1. The summed E-state index contributed by atoms with van der Waals surface area (Å²) in [6.07, 6.45) is -4.38. The maximum absolute atomic E-state index is 12.3. The first kappa shape index (κ1) is 21.4. The van der Waals surface area contributed by atoms with Crippen molar-refractivity contribution in [1.82, 2.24) is 10.2 Å². The predicted octanol–water partition coefficient (Wildman–Crippen LogP) is 4.41. The maximum Gasteiger partial charge on any atom is 0.422 e. The molecule has 0 aliphatic heterocycles. The Hall–Kier alpha value is -2.90. The van der Waals surface area contributed by atoms with Gasteiger partial charge in [0.05, 0.1) is 12.6 Å². The van der Waals surface area contributed by atoms with Gasteiger partial charge in [-0.2, -0.15) is 13.2 Å². The van der Waals surface area contributed by atoms with Crippen LogP contribution < -0.4 is 14.8 Å². The molecule has 0 fully saturated rings. The summed E-state index contributed by atoms with van der Waals surface area (Å²) in [7, 11) is 1.66. The summed E-state index contributed by atoms with van der Waals surface area (Å²) >= 11 is 0. The van der Waals surface area contributed by atoms with Crippen LogP contribution in [0.4, 0.5) is 18.0 Å². The van der Waals surface area contributed by atoms with Crippen LogP contribution in [0.3, 0.4) is 0 Å². The van der Waals surface area contributed by atoms with Crippen molar-refractivity contribution in [3.8, 4) is 11.5 Å². The first-order valence-electron chi connectivity index (χ1n) is 8.73. The molecule has 1 atom stereocenters. The van der Waals surface area contributed by atoms with Crippen LogP contribution in [0.1, 0.15) is 18.5 Å². The minimum Gasteiger partial charge on any atom is -0.492 e. The van der Waals surface area contributed by atoms with Gasteiger partial charge in [0.2, 0.25) is 0 Å². The number of para-hydroxylation sites is 1. The van der Waals surface area contributed by atoms with Crippen molar-refractivity contribution in [2.24, 2.45) is 0 Å². The highest BCUT2D eigenvalue weighted by atomic mass is 19.4. The molecule has 0 spiro atoms. The van der Waals surface area contributed by atoms with Gasteiger partial charge in [-0.25, -0.2) is 4.79 Å². The van der Waals surface area contributed by atoms with Crippen LogP contribution in [-0.4, -0.2) is 43.9 Å². The number of rotatable bonds is 8. The summed E-state index contributed by atoms with van der Waals surface area (Å²) in [5, 5.41) is 2.83. The van der Waals surface area contributed by atoms with Crippen LogP contribution in [0.15, 0.2) is 54.6 Å². The monoisotopic (exact) mass is 396 g/mol. The number of hydrogen-bond acceptors (Lipinski definition) is 3. The maximum atomic E-state index is 12.3. The Labute approximate surface area is 162 Å². The molecule has 1 unspecified atom stereocenters. The fourth-order valence-corrected chi connectivity index (χ4v) is 2.32. The summed E-state index contributed by atoms with van der Waals surface area (Å²) in [5.74, 6) is 0.854. The van der Waals surface area contributed by atoms with E-state index in [1.165, 1.54) is 17.0 Å². The van der Waals surface area contributed by atoms with Gasteiger partial charge in [0.25, 0.3) is 0 Å². The van der Waals surface area contributed by atoms with Gasteiger partial charge in [-0.3, -0.25) is 0 Å². The zero-order valence-electron chi connectivity index (χ0n) is 15.7. The number of nitrogens with one attached hydrogen (secondary N) is 1. The molecular formula is C20H23F3N2O3. The highest BCUT2D eigenvalue weighted by Crippen LogP contribution is 2.21. The average molecular weight is 396 g/mol. The Bertz CT molecular complexity index is 737. The molecule has 28 heavy (non-hydrogen) atoms. The highest BCUT2D eigenvalue weighted by Gasteiger charge is 2.28. The van der Waals surface area contributed by atoms with Gasteiger partial charge in [0.1, 0.15) is 18.1 Å². The second kappa shape index (κ2) is 9.87. The predicted molar refractivity (Wildman–Crippen MR) is 99.5 cm³/mol. The van der Waals surface area contributed by atoms with E-state index in [0.29, 0.717) is 13.2 Å². The topological polar surface area (TPSA) is 50.8 Å². The number of likely N-dealkylation sites (N-methyl/N-ethyl adjacent to an activating group) is 1. The Morgan fingerprint density at radius 1 is 1.04 bits per heavy atom. The number of nitrogens with zero attached hydrogens (tertiary/aromatic N) is 1. The van der Waals surface area contributed by atoms with Gasteiger partial charge in [-0.1, -0.05) is 30.3 Å². The molecule has 0 bridgehead atoms. The van der Waals surface area contributed by atoms with Crippen LogP contribution in [0, 0.1) is 0 Å². The van der Waals surface area contributed by atoms with E-state index in [9.17, 15) is 18.0 Å². The Morgan fingerprint density at radius 2 is 1.64 bits per heavy atom. The molecule has 2 rings (SSSR count). The zero-order chi connectivity index (χ0) is 20.6. The van der Waals surface area contributed by atoms with Gasteiger partial charge in [-0.05, 0) is 36.8 Å². The van der Waals surface area contributed by atoms with Crippen molar-refractivity contribution in [2.75, 3.05) is 26.8 Å². The van der Waals surface area contributed by atoms with Crippen molar-refractivity contribution in [2.45, 2.75) is 19.1 Å². The van der Waals surface area contributed by atoms with E-state index in [1.807, 2.05) is 30.3 Å². The van der Waals surface area contributed by atoms with E-state index in [1.54, 1.807) is 26.1 Å². The lowest BCUT2D eigenvalue weighted by molar-refractivity contribution is -0.153.